The molecule has 0 spiro atoms. The maximum Gasteiger partial charge on any atom is 0.139 e. The molecular formula is C17H15N3OS3. The van der Waals surface area contributed by atoms with Gasteiger partial charge in [-0.2, -0.15) is 0 Å². The number of ether oxygens (including phenoxy) is 1. The molecule has 0 aliphatic rings. The molecule has 0 saturated heterocycles. The Morgan fingerprint density at radius 3 is 2.92 bits per heavy atom. The zero-order valence-corrected chi connectivity index (χ0v) is 15.4. The Morgan fingerprint density at radius 1 is 1.21 bits per heavy atom. The van der Waals surface area contributed by atoms with Crippen molar-refractivity contribution in [3.05, 3.63) is 53.4 Å². The van der Waals surface area contributed by atoms with Crippen LogP contribution in [0.15, 0.2) is 57.6 Å². The average Bonchev–Trinajstić information content (AvgIpc) is 3.34. The fourth-order valence-corrected chi connectivity index (χ4v) is 4.74. The largest absolute Gasteiger partial charge is 0.364 e. The van der Waals surface area contributed by atoms with Crippen LogP contribution in [0, 0.1) is 0 Å². The predicted molar refractivity (Wildman–Crippen MR) is 104 cm³/mol. The highest BCUT2D eigenvalue weighted by Crippen LogP contribution is 2.35. The first-order valence-corrected chi connectivity index (χ1v) is 9.92. The zero-order valence-electron chi connectivity index (χ0n) is 12.9. The summed E-state index contributed by atoms with van der Waals surface area (Å²) in [7, 11) is 1.72. The molecule has 1 aromatic carbocycles. The molecule has 0 atom stereocenters. The van der Waals surface area contributed by atoms with Crippen LogP contribution in [0.1, 0.15) is 0 Å². The van der Waals surface area contributed by atoms with Crippen LogP contribution in [0.25, 0.3) is 21.6 Å². The highest BCUT2D eigenvalue weighted by molar-refractivity contribution is 8.02. The third kappa shape index (κ3) is 2.95. The number of hydrogen-bond acceptors (Lipinski definition) is 6. The summed E-state index contributed by atoms with van der Waals surface area (Å²) in [6, 6.07) is 12.6. The maximum absolute atomic E-state index is 5.45. The Kier molecular flexibility index (Phi) is 4.57. The molecular weight excluding hydrogens is 358 g/mol. The summed E-state index contributed by atoms with van der Waals surface area (Å²) < 4.78 is 12.3. The van der Waals surface area contributed by atoms with Gasteiger partial charge in [-0.1, -0.05) is 18.2 Å². The van der Waals surface area contributed by atoms with E-state index in [1.165, 1.54) is 9.60 Å². The van der Waals surface area contributed by atoms with Crippen LogP contribution in [0.5, 0.6) is 0 Å². The van der Waals surface area contributed by atoms with Gasteiger partial charge in [0.2, 0.25) is 0 Å². The minimum absolute atomic E-state index is 0.487. The van der Waals surface area contributed by atoms with Gasteiger partial charge in [-0.3, -0.25) is 0 Å². The molecule has 3 aromatic heterocycles. The zero-order chi connectivity index (χ0) is 16.4. The highest BCUT2D eigenvalue weighted by Gasteiger charge is 2.15. The lowest BCUT2D eigenvalue weighted by molar-refractivity contribution is 0.136. The van der Waals surface area contributed by atoms with Crippen molar-refractivity contribution >= 4 is 51.2 Å². The molecule has 3 heterocycles. The van der Waals surface area contributed by atoms with E-state index in [1.807, 2.05) is 11.6 Å². The molecule has 0 aliphatic heterocycles. The van der Waals surface area contributed by atoms with Crippen LogP contribution in [0.2, 0.25) is 0 Å². The van der Waals surface area contributed by atoms with Crippen LogP contribution >= 0.6 is 34.6 Å². The van der Waals surface area contributed by atoms with Crippen LogP contribution in [0.4, 0.5) is 5.69 Å². The molecule has 4 nitrogen and oxygen atoms in total. The van der Waals surface area contributed by atoms with E-state index in [9.17, 15) is 0 Å². The Morgan fingerprint density at radius 2 is 2.17 bits per heavy atom. The lowest BCUT2D eigenvalue weighted by Crippen LogP contribution is -2.03. The first-order chi connectivity index (χ1) is 11.9. The summed E-state index contributed by atoms with van der Waals surface area (Å²) in [5, 5.41) is 6.25. The summed E-state index contributed by atoms with van der Waals surface area (Å²) in [4.78, 5) is 4.46. The molecule has 0 aliphatic carbocycles. The second-order valence-corrected chi connectivity index (χ2v) is 8.04. The summed E-state index contributed by atoms with van der Waals surface area (Å²) in [6.07, 6.45) is 1.83. The molecule has 0 radical (unpaired) electrons. The van der Waals surface area contributed by atoms with Crippen LogP contribution in [-0.2, 0) is 11.5 Å². The topological polar surface area (TPSA) is 39.1 Å². The standard InChI is InChI=1S/C17H15N3OS3/c1-21-11-20-14(17-18-7-9-23-17)10-12-4-2-5-13(16(12)20)19-24-15-6-3-8-22-15/h2-10,19H,11H2,1H3. The normalized spacial score (nSPS) is 11.2. The van der Waals surface area contributed by atoms with E-state index in [-0.39, 0.29) is 0 Å². The molecule has 7 heteroatoms. The van der Waals surface area contributed by atoms with Crippen molar-refractivity contribution in [3.63, 3.8) is 0 Å². The van der Waals surface area contributed by atoms with E-state index in [0.29, 0.717) is 6.73 Å². The van der Waals surface area contributed by atoms with E-state index < -0.39 is 0 Å². The van der Waals surface area contributed by atoms with E-state index >= 15 is 0 Å². The number of thiazole rings is 1. The van der Waals surface area contributed by atoms with Crippen molar-refractivity contribution in [2.75, 3.05) is 11.8 Å². The quantitative estimate of drug-likeness (QED) is 0.450. The molecule has 0 amide bonds. The van der Waals surface area contributed by atoms with E-state index in [0.717, 1.165) is 21.9 Å². The first kappa shape index (κ1) is 15.7. The molecule has 0 fully saturated rings. The van der Waals surface area contributed by atoms with E-state index in [4.69, 9.17) is 4.74 Å². The van der Waals surface area contributed by atoms with Gasteiger partial charge in [-0.15, -0.1) is 22.7 Å². The van der Waals surface area contributed by atoms with Gasteiger partial charge in [0.25, 0.3) is 0 Å². The minimum atomic E-state index is 0.487. The molecule has 4 rings (SSSR count). The average molecular weight is 374 g/mol. The van der Waals surface area contributed by atoms with Gasteiger partial charge in [-0.25, -0.2) is 4.98 Å². The van der Waals surface area contributed by atoms with Crippen LogP contribution < -0.4 is 4.72 Å². The fourth-order valence-electron chi connectivity index (χ4n) is 2.62. The molecule has 1 N–H and O–H groups in total. The lowest BCUT2D eigenvalue weighted by Gasteiger charge is -2.12. The third-order valence-electron chi connectivity index (χ3n) is 3.59. The number of rotatable bonds is 6. The monoisotopic (exact) mass is 373 g/mol. The van der Waals surface area contributed by atoms with Gasteiger partial charge in [0, 0.05) is 24.1 Å². The van der Waals surface area contributed by atoms with Gasteiger partial charge in [0.05, 0.1) is 21.1 Å². The number of nitrogens with one attached hydrogen (secondary N) is 1. The molecule has 122 valence electrons. The Bertz CT molecular complexity index is 930. The van der Waals surface area contributed by atoms with Gasteiger partial charge in [0.15, 0.2) is 0 Å². The Labute approximate surface area is 152 Å². The van der Waals surface area contributed by atoms with Crippen molar-refractivity contribution in [1.82, 2.24) is 9.55 Å². The van der Waals surface area contributed by atoms with Gasteiger partial charge in [-0.05, 0) is 35.5 Å². The van der Waals surface area contributed by atoms with Crippen molar-refractivity contribution in [2.24, 2.45) is 0 Å². The predicted octanol–water partition coefficient (Wildman–Crippen LogP) is 5.55. The van der Waals surface area contributed by atoms with E-state index in [2.05, 4.69) is 56.1 Å². The summed E-state index contributed by atoms with van der Waals surface area (Å²) >= 11 is 4.99. The number of fused-ring (bicyclic) bond motifs is 1. The Hall–Kier alpha value is -1.80. The van der Waals surface area contributed by atoms with Gasteiger partial charge < -0.3 is 14.0 Å². The van der Waals surface area contributed by atoms with Gasteiger partial charge in [0.1, 0.15) is 11.7 Å². The van der Waals surface area contributed by atoms with Crippen molar-refractivity contribution in [2.45, 2.75) is 10.9 Å². The maximum atomic E-state index is 5.45. The van der Waals surface area contributed by atoms with Gasteiger partial charge >= 0.3 is 0 Å². The Balaban J connectivity index is 1.79. The summed E-state index contributed by atoms with van der Waals surface area (Å²) in [5.74, 6) is 0. The number of para-hydroxylation sites is 1. The number of aromatic nitrogens is 2. The van der Waals surface area contributed by atoms with Crippen molar-refractivity contribution in [1.29, 1.82) is 0 Å². The lowest BCUT2D eigenvalue weighted by atomic mass is 10.2. The van der Waals surface area contributed by atoms with Crippen molar-refractivity contribution in [3.8, 4) is 10.7 Å². The van der Waals surface area contributed by atoms with Crippen LogP contribution in [0.3, 0.4) is 0 Å². The smallest absolute Gasteiger partial charge is 0.139 e. The minimum Gasteiger partial charge on any atom is -0.364 e. The molecule has 0 unspecified atom stereocenters. The molecule has 4 aromatic rings. The number of hydrogen-bond donors (Lipinski definition) is 1. The van der Waals surface area contributed by atoms with Crippen molar-refractivity contribution < 1.29 is 4.74 Å². The molecule has 0 saturated carbocycles. The number of benzene rings is 1. The van der Waals surface area contributed by atoms with Crippen LogP contribution in [-0.4, -0.2) is 16.7 Å². The highest BCUT2D eigenvalue weighted by atomic mass is 32.2. The van der Waals surface area contributed by atoms with E-state index in [1.54, 1.807) is 41.7 Å². The molecule has 24 heavy (non-hydrogen) atoms. The second kappa shape index (κ2) is 6.98. The number of nitrogens with zero attached hydrogens (tertiary/aromatic N) is 2. The summed E-state index contributed by atoms with van der Waals surface area (Å²) in [5.41, 5.74) is 3.29. The summed E-state index contributed by atoms with van der Waals surface area (Å²) in [6.45, 7) is 0.487. The molecule has 0 bridgehead atoms. The SMILES string of the molecule is COCn1c(-c2nccs2)cc2cccc(NSc3cccs3)c21. The number of methoxy groups -OCH3 is 1. The third-order valence-corrected chi connectivity index (χ3v) is 6.24. The second-order valence-electron chi connectivity index (χ2n) is 5.09. The number of thiophene rings is 1. The number of anilines is 1. The first-order valence-electron chi connectivity index (χ1n) is 7.34. The fraction of sp³-hybridized carbons (Fsp3) is 0.118.